The summed E-state index contributed by atoms with van der Waals surface area (Å²) in [7, 11) is 0. The Morgan fingerprint density at radius 2 is 2.36 bits per heavy atom. The quantitative estimate of drug-likeness (QED) is 0.827. The van der Waals surface area contributed by atoms with E-state index in [1.54, 1.807) is 6.20 Å². The molecule has 2 saturated heterocycles. The highest BCUT2D eigenvalue weighted by atomic mass is 35.5. The number of halogens is 1. The molecule has 0 radical (unpaired) electrons. The number of ether oxygens (including phenoxy) is 1. The van der Waals surface area contributed by atoms with Crippen LogP contribution in [0.3, 0.4) is 0 Å². The summed E-state index contributed by atoms with van der Waals surface area (Å²) in [5.41, 5.74) is 0. The molecular formula is C15H19ClN4O2. The van der Waals surface area contributed by atoms with E-state index in [-0.39, 0.29) is 17.9 Å². The zero-order valence-corrected chi connectivity index (χ0v) is 13.1. The molecule has 118 valence electrons. The minimum atomic E-state index is 0.139. The molecule has 4 heterocycles. The standard InChI is InChI=1S/C15H19ClN4O2/c16-11-5-13-14(18-7-11)20-4-3-19(8-12(20)9-22-13)15(21)10-1-2-17-6-10/h5,7,10,12,17H,1-4,6,8-9H2. The zero-order chi connectivity index (χ0) is 15.1. The average Bonchev–Trinajstić information content (AvgIpc) is 3.07. The van der Waals surface area contributed by atoms with Crippen molar-refractivity contribution in [2.24, 2.45) is 5.92 Å². The molecule has 3 aliphatic rings. The molecule has 1 aromatic rings. The van der Waals surface area contributed by atoms with Crippen LogP contribution in [-0.2, 0) is 4.79 Å². The van der Waals surface area contributed by atoms with Gasteiger partial charge < -0.3 is 19.9 Å². The molecule has 1 N–H and O–H groups in total. The van der Waals surface area contributed by atoms with E-state index < -0.39 is 0 Å². The Morgan fingerprint density at radius 1 is 1.45 bits per heavy atom. The summed E-state index contributed by atoms with van der Waals surface area (Å²) >= 11 is 5.97. The summed E-state index contributed by atoms with van der Waals surface area (Å²) in [6, 6.07) is 1.98. The molecule has 7 heteroatoms. The van der Waals surface area contributed by atoms with E-state index in [4.69, 9.17) is 16.3 Å². The van der Waals surface area contributed by atoms with Crippen LogP contribution >= 0.6 is 11.6 Å². The number of nitrogens with one attached hydrogen (secondary N) is 1. The lowest BCUT2D eigenvalue weighted by molar-refractivity contribution is -0.135. The van der Waals surface area contributed by atoms with Gasteiger partial charge in [-0.05, 0) is 13.0 Å². The van der Waals surface area contributed by atoms with Gasteiger partial charge in [0.1, 0.15) is 6.61 Å². The fourth-order valence-electron chi connectivity index (χ4n) is 3.52. The summed E-state index contributed by atoms with van der Waals surface area (Å²) in [6.07, 6.45) is 2.59. The molecule has 2 unspecified atom stereocenters. The molecule has 2 fully saturated rings. The Bertz CT molecular complexity index is 591. The number of amides is 1. The molecule has 22 heavy (non-hydrogen) atoms. The van der Waals surface area contributed by atoms with Crippen molar-refractivity contribution < 1.29 is 9.53 Å². The Hall–Kier alpha value is -1.53. The van der Waals surface area contributed by atoms with Gasteiger partial charge in [-0.3, -0.25) is 4.79 Å². The molecule has 4 rings (SSSR count). The molecule has 1 amide bonds. The number of anilines is 1. The van der Waals surface area contributed by atoms with Crippen LogP contribution in [0.5, 0.6) is 5.75 Å². The lowest BCUT2D eigenvalue weighted by Crippen LogP contribution is -2.59. The smallest absolute Gasteiger partial charge is 0.227 e. The summed E-state index contributed by atoms with van der Waals surface area (Å²) in [5, 5.41) is 3.84. The zero-order valence-electron chi connectivity index (χ0n) is 12.3. The van der Waals surface area contributed by atoms with Gasteiger partial charge >= 0.3 is 0 Å². The number of hydrogen-bond donors (Lipinski definition) is 1. The van der Waals surface area contributed by atoms with E-state index >= 15 is 0 Å². The van der Waals surface area contributed by atoms with Crippen LogP contribution < -0.4 is 15.0 Å². The molecule has 1 aromatic heterocycles. The fourth-order valence-corrected chi connectivity index (χ4v) is 3.67. The summed E-state index contributed by atoms with van der Waals surface area (Å²) in [4.78, 5) is 21.2. The summed E-state index contributed by atoms with van der Waals surface area (Å²) < 4.78 is 5.79. The minimum Gasteiger partial charge on any atom is -0.487 e. The predicted molar refractivity (Wildman–Crippen MR) is 83.4 cm³/mol. The lowest BCUT2D eigenvalue weighted by atomic mass is 10.0. The third-order valence-electron chi connectivity index (χ3n) is 4.71. The van der Waals surface area contributed by atoms with Gasteiger partial charge in [0.15, 0.2) is 11.6 Å². The van der Waals surface area contributed by atoms with Crippen LogP contribution in [-0.4, -0.2) is 61.2 Å². The van der Waals surface area contributed by atoms with Crippen molar-refractivity contribution >= 4 is 23.3 Å². The highest BCUT2D eigenvalue weighted by Crippen LogP contribution is 2.35. The van der Waals surface area contributed by atoms with Gasteiger partial charge in [0.25, 0.3) is 0 Å². The van der Waals surface area contributed by atoms with E-state index in [1.165, 1.54) is 0 Å². The topological polar surface area (TPSA) is 57.7 Å². The molecule has 0 spiro atoms. The van der Waals surface area contributed by atoms with Crippen LogP contribution in [0.2, 0.25) is 5.02 Å². The molecule has 2 atom stereocenters. The van der Waals surface area contributed by atoms with Gasteiger partial charge in [0.05, 0.1) is 17.0 Å². The van der Waals surface area contributed by atoms with Gasteiger partial charge in [-0.25, -0.2) is 4.98 Å². The van der Waals surface area contributed by atoms with Gasteiger partial charge in [0, 0.05) is 38.4 Å². The number of carbonyl (C=O) groups is 1. The lowest BCUT2D eigenvalue weighted by Gasteiger charge is -2.45. The first-order chi connectivity index (χ1) is 10.7. The minimum absolute atomic E-state index is 0.139. The van der Waals surface area contributed by atoms with E-state index in [0.29, 0.717) is 18.2 Å². The second kappa shape index (κ2) is 5.59. The van der Waals surface area contributed by atoms with Crippen molar-refractivity contribution in [3.05, 3.63) is 17.3 Å². The molecule has 0 saturated carbocycles. The van der Waals surface area contributed by atoms with E-state index in [1.807, 2.05) is 11.0 Å². The second-order valence-electron chi connectivity index (χ2n) is 6.11. The highest BCUT2D eigenvalue weighted by Gasteiger charge is 2.37. The number of nitrogens with zero attached hydrogens (tertiary/aromatic N) is 3. The highest BCUT2D eigenvalue weighted by molar-refractivity contribution is 6.30. The second-order valence-corrected chi connectivity index (χ2v) is 6.54. The van der Waals surface area contributed by atoms with Crippen molar-refractivity contribution in [1.29, 1.82) is 0 Å². The third kappa shape index (κ3) is 2.40. The van der Waals surface area contributed by atoms with Gasteiger partial charge in [-0.2, -0.15) is 0 Å². The number of piperazine rings is 1. The number of hydrogen-bond acceptors (Lipinski definition) is 5. The Balaban J connectivity index is 1.49. The van der Waals surface area contributed by atoms with E-state index in [9.17, 15) is 4.79 Å². The van der Waals surface area contributed by atoms with Crippen molar-refractivity contribution in [1.82, 2.24) is 15.2 Å². The van der Waals surface area contributed by atoms with Crippen LogP contribution in [0.15, 0.2) is 12.3 Å². The first-order valence-corrected chi connectivity index (χ1v) is 8.14. The van der Waals surface area contributed by atoms with Crippen molar-refractivity contribution in [3.63, 3.8) is 0 Å². The maximum atomic E-state index is 12.6. The number of carbonyl (C=O) groups excluding carboxylic acids is 1. The van der Waals surface area contributed by atoms with E-state index in [0.717, 1.165) is 44.2 Å². The number of aromatic nitrogens is 1. The maximum absolute atomic E-state index is 12.6. The summed E-state index contributed by atoms with van der Waals surface area (Å²) in [5.74, 6) is 2.00. The number of rotatable bonds is 1. The third-order valence-corrected chi connectivity index (χ3v) is 4.91. The van der Waals surface area contributed by atoms with Crippen molar-refractivity contribution in [3.8, 4) is 5.75 Å². The fraction of sp³-hybridized carbons (Fsp3) is 0.600. The molecule has 3 aliphatic heterocycles. The number of pyridine rings is 1. The monoisotopic (exact) mass is 322 g/mol. The first kappa shape index (κ1) is 14.1. The van der Waals surface area contributed by atoms with Gasteiger partial charge in [-0.15, -0.1) is 0 Å². The Labute approximate surface area is 134 Å². The SMILES string of the molecule is O=C(C1CCNC1)N1CCN2c3ncc(Cl)cc3OCC2C1. The van der Waals surface area contributed by atoms with Crippen LogP contribution in [0.4, 0.5) is 5.82 Å². The average molecular weight is 323 g/mol. The van der Waals surface area contributed by atoms with Crippen molar-refractivity contribution in [2.75, 3.05) is 44.2 Å². The van der Waals surface area contributed by atoms with Crippen LogP contribution in [0.1, 0.15) is 6.42 Å². The van der Waals surface area contributed by atoms with Crippen LogP contribution in [0.25, 0.3) is 0 Å². The normalized spacial score (nSPS) is 27.1. The molecule has 0 bridgehead atoms. The molecule has 6 nitrogen and oxygen atoms in total. The predicted octanol–water partition coefficient (Wildman–Crippen LogP) is 0.754. The van der Waals surface area contributed by atoms with Gasteiger partial charge in [-0.1, -0.05) is 11.6 Å². The maximum Gasteiger partial charge on any atom is 0.227 e. The molecule has 0 aliphatic carbocycles. The van der Waals surface area contributed by atoms with Gasteiger partial charge in [0.2, 0.25) is 5.91 Å². The molecule has 0 aromatic carbocycles. The molecular weight excluding hydrogens is 304 g/mol. The largest absolute Gasteiger partial charge is 0.487 e. The van der Waals surface area contributed by atoms with Crippen molar-refractivity contribution in [2.45, 2.75) is 12.5 Å². The summed E-state index contributed by atoms with van der Waals surface area (Å²) in [6.45, 7) is 4.57. The first-order valence-electron chi connectivity index (χ1n) is 7.77. The Kier molecular flexibility index (Phi) is 3.58. The van der Waals surface area contributed by atoms with E-state index in [2.05, 4.69) is 15.2 Å². The van der Waals surface area contributed by atoms with Crippen LogP contribution in [0, 0.1) is 5.92 Å². The Morgan fingerprint density at radius 3 is 3.18 bits per heavy atom. The number of fused-ring (bicyclic) bond motifs is 3.